The summed E-state index contributed by atoms with van der Waals surface area (Å²) < 4.78 is 0. The average Bonchev–Trinajstić information content (AvgIpc) is 2.46. The first-order chi connectivity index (χ1) is 9.90. The zero-order chi connectivity index (χ0) is 15.6. The molecule has 0 saturated carbocycles. The van der Waals surface area contributed by atoms with Gasteiger partial charge in [-0.3, -0.25) is 4.79 Å². The number of aryl methyl sites for hydroxylation is 1. The molecule has 1 fully saturated rings. The Hall–Kier alpha value is -1.49. The molecule has 0 spiro atoms. The third-order valence-corrected chi connectivity index (χ3v) is 4.20. The molecule has 1 aromatic heterocycles. The molecule has 21 heavy (non-hydrogen) atoms. The number of nitrogens with zero attached hydrogens (tertiary/aromatic N) is 3. The summed E-state index contributed by atoms with van der Waals surface area (Å²) in [5, 5.41) is 0. The SMILES string of the molecule is Cc1ncc(C(=O)N2CCCC(C(C)N)C2)c(C(C)C)n1. The van der Waals surface area contributed by atoms with Crippen LogP contribution in [0.3, 0.4) is 0 Å². The largest absolute Gasteiger partial charge is 0.338 e. The maximum absolute atomic E-state index is 12.8. The van der Waals surface area contributed by atoms with Crippen molar-refractivity contribution in [1.82, 2.24) is 14.9 Å². The van der Waals surface area contributed by atoms with Crippen molar-refractivity contribution in [3.05, 3.63) is 23.3 Å². The van der Waals surface area contributed by atoms with Gasteiger partial charge in [0.25, 0.3) is 5.91 Å². The van der Waals surface area contributed by atoms with Crippen molar-refractivity contribution in [3.63, 3.8) is 0 Å². The summed E-state index contributed by atoms with van der Waals surface area (Å²) in [5.41, 5.74) is 7.49. The molecule has 0 aromatic carbocycles. The van der Waals surface area contributed by atoms with E-state index in [9.17, 15) is 4.79 Å². The number of carbonyl (C=O) groups is 1. The molecule has 1 saturated heterocycles. The first-order valence-corrected chi connectivity index (χ1v) is 7.78. The van der Waals surface area contributed by atoms with Crippen LogP contribution in [0.15, 0.2) is 6.20 Å². The van der Waals surface area contributed by atoms with Crippen LogP contribution in [0.1, 0.15) is 61.4 Å². The third-order valence-electron chi connectivity index (χ3n) is 4.20. The summed E-state index contributed by atoms with van der Waals surface area (Å²) in [6, 6.07) is 0.124. The van der Waals surface area contributed by atoms with Crippen LogP contribution < -0.4 is 5.73 Å². The van der Waals surface area contributed by atoms with Gasteiger partial charge in [-0.25, -0.2) is 9.97 Å². The Bertz CT molecular complexity index is 513. The summed E-state index contributed by atoms with van der Waals surface area (Å²) in [6.07, 6.45) is 3.79. The molecule has 0 bridgehead atoms. The fourth-order valence-corrected chi connectivity index (χ4v) is 2.89. The Morgan fingerprint density at radius 1 is 1.43 bits per heavy atom. The second kappa shape index (κ2) is 6.52. The summed E-state index contributed by atoms with van der Waals surface area (Å²) in [4.78, 5) is 23.4. The van der Waals surface area contributed by atoms with Crippen molar-refractivity contribution in [3.8, 4) is 0 Å². The van der Waals surface area contributed by atoms with E-state index in [4.69, 9.17) is 5.73 Å². The maximum Gasteiger partial charge on any atom is 0.257 e. The number of carbonyl (C=O) groups excluding carboxylic acids is 1. The van der Waals surface area contributed by atoms with Gasteiger partial charge < -0.3 is 10.6 Å². The summed E-state index contributed by atoms with van der Waals surface area (Å²) in [5.74, 6) is 1.35. The van der Waals surface area contributed by atoms with E-state index in [1.165, 1.54) is 0 Å². The fourth-order valence-electron chi connectivity index (χ4n) is 2.89. The molecule has 0 radical (unpaired) electrons. The van der Waals surface area contributed by atoms with E-state index in [1.807, 2.05) is 18.7 Å². The summed E-state index contributed by atoms with van der Waals surface area (Å²) in [6.45, 7) is 9.52. The number of aromatic nitrogens is 2. The van der Waals surface area contributed by atoms with Crippen molar-refractivity contribution in [2.45, 2.75) is 52.5 Å². The minimum atomic E-state index is 0.0454. The van der Waals surface area contributed by atoms with E-state index in [2.05, 4.69) is 23.8 Å². The number of nitrogens with two attached hydrogens (primary N) is 1. The highest BCUT2D eigenvalue weighted by Gasteiger charge is 2.28. The molecule has 2 N–H and O–H groups in total. The number of amides is 1. The van der Waals surface area contributed by atoms with Crippen molar-refractivity contribution in [2.75, 3.05) is 13.1 Å². The molecule has 5 heteroatoms. The Kier molecular flexibility index (Phi) is 4.93. The summed E-state index contributed by atoms with van der Waals surface area (Å²) >= 11 is 0. The lowest BCUT2D eigenvalue weighted by atomic mass is 9.91. The monoisotopic (exact) mass is 290 g/mol. The van der Waals surface area contributed by atoms with Gasteiger partial charge >= 0.3 is 0 Å². The lowest BCUT2D eigenvalue weighted by molar-refractivity contribution is 0.0658. The molecule has 5 nitrogen and oxygen atoms in total. The number of piperidine rings is 1. The van der Waals surface area contributed by atoms with Crippen LogP contribution in [0, 0.1) is 12.8 Å². The van der Waals surface area contributed by atoms with E-state index in [-0.39, 0.29) is 17.9 Å². The molecule has 1 aromatic rings. The van der Waals surface area contributed by atoms with Crippen molar-refractivity contribution in [2.24, 2.45) is 11.7 Å². The van der Waals surface area contributed by atoms with Crippen LogP contribution in [-0.2, 0) is 0 Å². The maximum atomic E-state index is 12.8. The standard InChI is InChI=1S/C16H26N4O/c1-10(2)15-14(8-18-12(4)19-15)16(21)20-7-5-6-13(9-20)11(3)17/h8,10-11,13H,5-7,9,17H2,1-4H3. The fraction of sp³-hybridized carbons (Fsp3) is 0.688. The van der Waals surface area contributed by atoms with Crippen molar-refractivity contribution in [1.29, 1.82) is 0 Å². The predicted octanol–water partition coefficient (Wildman–Crippen LogP) is 2.11. The Labute approximate surface area is 127 Å². The van der Waals surface area contributed by atoms with Gasteiger partial charge in [0.2, 0.25) is 0 Å². The normalized spacial score (nSPS) is 20.7. The van der Waals surface area contributed by atoms with Gasteiger partial charge in [0.1, 0.15) is 5.82 Å². The van der Waals surface area contributed by atoms with E-state index >= 15 is 0 Å². The lowest BCUT2D eigenvalue weighted by Crippen LogP contribution is -2.45. The van der Waals surface area contributed by atoms with E-state index in [1.54, 1.807) is 6.20 Å². The van der Waals surface area contributed by atoms with Gasteiger partial charge in [0.15, 0.2) is 0 Å². The average molecular weight is 290 g/mol. The molecule has 116 valence electrons. The molecule has 0 aliphatic carbocycles. The zero-order valence-corrected chi connectivity index (χ0v) is 13.5. The minimum Gasteiger partial charge on any atom is -0.338 e. The van der Waals surface area contributed by atoms with Gasteiger partial charge in [-0.05, 0) is 38.5 Å². The van der Waals surface area contributed by atoms with Crippen molar-refractivity contribution >= 4 is 5.91 Å². The molecular weight excluding hydrogens is 264 g/mol. The first-order valence-electron chi connectivity index (χ1n) is 7.78. The van der Waals surface area contributed by atoms with Crippen LogP contribution >= 0.6 is 0 Å². The Balaban J connectivity index is 2.23. The molecule has 2 rings (SSSR count). The molecule has 1 aliphatic rings. The van der Waals surface area contributed by atoms with Crippen LogP contribution in [-0.4, -0.2) is 39.9 Å². The van der Waals surface area contributed by atoms with E-state index in [0.29, 0.717) is 17.3 Å². The topological polar surface area (TPSA) is 72.1 Å². The Morgan fingerprint density at radius 3 is 2.76 bits per heavy atom. The highest BCUT2D eigenvalue weighted by Crippen LogP contribution is 2.23. The molecule has 2 unspecified atom stereocenters. The predicted molar refractivity (Wildman–Crippen MR) is 83.1 cm³/mol. The second-order valence-corrected chi connectivity index (χ2v) is 6.38. The minimum absolute atomic E-state index is 0.0454. The highest BCUT2D eigenvalue weighted by atomic mass is 16.2. The van der Waals surface area contributed by atoms with E-state index < -0.39 is 0 Å². The van der Waals surface area contributed by atoms with Crippen LogP contribution in [0.4, 0.5) is 0 Å². The van der Waals surface area contributed by atoms with Gasteiger partial charge in [-0.1, -0.05) is 13.8 Å². The van der Waals surface area contributed by atoms with Gasteiger partial charge in [0.05, 0.1) is 11.3 Å². The molecular formula is C16H26N4O. The number of likely N-dealkylation sites (tertiary alicyclic amines) is 1. The van der Waals surface area contributed by atoms with Gasteiger partial charge in [-0.15, -0.1) is 0 Å². The summed E-state index contributed by atoms with van der Waals surface area (Å²) in [7, 11) is 0. The van der Waals surface area contributed by atoms with E-state index in [0.717, 1.165) is 31.6 Å². The quantitative estimate of drug-likeness (QED) is 0.925. The number of rotatable bonds is 3. The third kappa shape index (κ3) is 3.59. The molecule has 1 aliphatic heterocycles. The smallest absolute Gasteiger partial charge is 0.257 e. The number of hydrogen-bond donors (Lipinski definition) is 1. The molecule has 2 atom stereocenters. The first kappa shape index (κ1) is 15.9. The molecule has 2 heterocycles. The Morgan fingerprint density at radius 2 is 2.14 bits per heavy atom. The second-order valence-electron chi connectivity index (χ2n) is 6.38. The van der Waals surface area contributed by atoms with Crippen molar-refractivity contribution < 1.29 is 4.79 Å². The van der Waals surface area contributed by atoms with Gasteiger partial charge in [-0.2, -0.15) is 0 Å². The highest BCUT2D eigenvalue weighted by molar-refractivity contribution is 5.95. The number of hydrogen-bond acceptors (Lipinski definition) is 4. The molecule has 1 amide bonds. The van der Waals surface area contributed by atoms with Crippen LogP contribution in [0.25, 0.3) is 0 Å². The lowest BCUT2D eigenvalue weighted by Gasteiger charge is -2.35. The zero-order valence-electron chi connectivity index (χ0n) is 13.5. The van der Waals surface area contributed by atoms with Crippen LogP contribution in [0.2, 0.25) is 0 Å². The van der Waals surface area contributed by atoms with Crippen LogP contribution in [0.5, 0.6) is 0 Å². The van der Waals surface area contributed by atoms with Gasteiger partial charge in [0, 0.05) is 25.3 Å².